The summed E-state index contributed by atoms with van der Waals surface area (Å²) >= 11 is 6.19. The molecule has 0 aliphatic carbocycles. The predicted octanol–water partition coefficient (Wildman–Crippen LogP) is 3.82. The number of nitrogen functional groups attached to an aromatic ring is 1. The van der Waals surface area contributed by atoms with Crippen molar-refractivity contribution in [3.63, 3.8) is 0 Å². The van der Waals surface area contributed by atoms with Crippen molar-refractivity contribution in [3.05, 3.63) is 63.7 Å². The molecule has 0 saturated heterocycles. The van der Waals surface area contributed by atoms with E-state index in [0.29, 0.717) is 17.2 Å². The lowest BCUT2D eigenvalue weighted by Crippen LogP contribution is -2.11. The number of amidine groups is 1. The minimum Gasteiger partial charge on any atom is -0.488 e. The van der Waals surface area contributed by atoms with E-state index in [1.807, 2.05) is 38.1 Å². The first-order chi connectivity index (χ1) is 9.49. The molecule has 0 radical (unpaired) electrons. The Morgan fingerprint density at radius 1 is 1.20 bits per heavy atom. The van der Waals surface area contributed by atoms with Gasteiger partial charge in [-0.05, 0) is 31.0 Å². The molecule has 2 aromatic carbocycles. The Morgan fingerprint density at radius 2 is 1.85 bits per heavy atom. The van der Waals surface area contributed by atoms with Crippen LogP contribution in [-0.2, 0) is 6.61 Å². The summed E-state index contributed by atoms with van der Waals surface area (Å²) in [6, 6.07) is 11.3. The molecule has 0 unspecified atom stereocenters. The Labute approximate surface area is 123 Å². The van der Waals surface area contributed by atoms with Gasteiger partial charge < -0.3 is 10.5 Å². The van der Waals surface area contributed by atoms with Gasteiger partial charge in [0.25, 0.3) is 0 Å². The lowest BCUT2D eigenvalue weighted by Gasteiger charge is -2.13. The van der Waals surface area contributed by atoms with Gasteiger partial charge in [0.15, 0.2) is 0 Å². The summed E-state index contributed by atoms with van der Waals surface area (Å²) in [5, 5.41) is 7.94. The number of rotatable bonds is 4. The van der Waals surface area contributed by atoms with Crippen molar-refractivity contribution < 1.29 is 4.74 Å². The molecule has 2 rings (SSSR count). The van der Waals surface area contributed by atoms with Crippen LogP contribution in [0.5, 0.6) is 5.75 Å². The van der Waals surface area contributed by atoms with E-state index in [1.54, 1.807) is 12.1 Å². The third-order valence-corrected chi connectivity index (χ3v) is 3.50. The molecule has 0 atom stereocenters. The summed E-state index contributed by atoms with van der Waals surface area (Å²) in [4.78, 5) is 0. The van der Waals surface area contributed by atoms with Crippen molar-refractivity contribution in [1.29, 1.82) is 5.41 Å². The van der Waals surface area contributed by atoms with Crippen LogP contribution in [0.4, 0.5) is 0 Å². The van der Waals surface area contributed by atoms with Crippen LogP contribution in [0, 0.1) is 19.3 Å². The number of hydrogen-bond acceptors (Lipinski definition) is 2. The molecule has 20 heavy (non-hydrogen) atoms. The number of para-hydroxylation sites is 1. The zero-order chi connectivity index (χ0) is 14.7. The number of halogens is 1. The van der Waals surface area contributed by atoms with Gasteiger partial charge in [0, 0.05) is 16.1 Å². The average molecular weight is 289 g/mol. The van der Waals surface area contributed by atoms with Gasteiger partial charge in [0.2, 0.25) is 0 Å². The first-order valence-electron chi connectivity index (χ1n) is 6.31. The topological polar surface area (TPSA) is 59.1 Å². The number of hydrogen-bond donors (Lipinski definition) is 2. The van der Waals surface area contributed by atoms with Crippen molar-refractivity contribution >= 4 is 17.4 Å². The zero-order valence-electron chi connectivity index (χ0n) is 11.5. The van der Waals surface area contributed by atoms with Gasteiger partial charge in [-0.1, -0.05) is 41.9 Å². The minimum atomic E-state index is 0.00844. The van der Waals surface area contributed by atoms with Crippen LogP contribution >= 0.6 is 11.6 Å². The quantitative estimate of drug-likeness (QED) is 0.664. The number of benzene rings is 2. The molecule has 104 valence electrons. The van der Waals surface area contributed by atoms with E-state index >= 15 is 0 Å². The van der Waals surface area contributed by atoms with Crippen molar-refractivity contribution in [2.24, 2.45) is 5.73 Å². The van der Waals surface area contributed by atoms with Crippen molar-refractivity contribution in [1.82, 2.24) is 0 Å². The molecular formula is C16H17ClN2O. The average Bonchev–Trinajstić information content (AvgIpc) is 2.39. The van der Waals surface area contributed by atoms with Gasteiger partial charge in [-0.15, -0.1) is 0 Å². The molecule has 0 fully saturated rings. The molecule has 0 bridgehead atoms. The van der Waals surface area contributed by atoms with Crippen LogP contribution in [0.3, 0.4) is 0 Å². The standard InChI is InChI=1S/C16H17ClN2O/c1-10-4-3-5-11(2)15(10)20-9-13-7-6-12(16(18)19)8-14(13)17/h3-8H,9H2,1-2H3,(H3,18,19). The maximum absolute atomic E-state index is 7.38. The molecule has 0 aliphatic rings. The summed E-state index contributed by atoms with van der Waals surface area (Å²) in [6.45, 7) is 4.42. The van der Waals surface area contributed by atoms with E-state index in [-0.39, 0.29) is 5.84 Å². The first-order valence-corrected chi connectivity index (χ1v) is 6.68. The van der Waals surface area contributed by atoms with E-state index in [4.69, 9.17) is 27.5 Å². The van der Waals surface area contributed by atoms with E-state index in [0.717, 1.165) is 22.4 Å². The van der Waals surface area contributed by atoms with Crippen LogP contribution < -0.4 is 10.5 Å². The second-order valence-corrected chi connectivity index (χ2v) is 5.14. The molecule has 0 aromatic heterocycles. The van der Waals surface area contributed by atoms with E-state index in [2.05, 4.69) is 0 Å². The van der Waals surface area contributed by atoms with Crippen LogP contribution in [0.1, 0.15) is 22.3 Å². The zero-order valence-corrected chi connectivity index (χ0v) is 12.3. The summed E-state index contributed by atoms with van der Waals surface area (Å²) < 4.78 is 5.87. The Balaban J connectivity index is 2.17. The lowest BCUT2D eigenvalue weighted by molar-refractivity contribution is 0.302. The highest BCUT2D eigenvalue weighted by molar-refractivity contribution is 6.31. The fourth-order valence-corrected chi connectivity index (χ4v) is 2.24. The highest BCUT2D eigenvalue weighted by atomic mass is 35.5. The molecule has 3 N–H and O–H groups in total. The molecule has 3 nitrogen and oxygen atoms in total. The van der Waals surface area contributed by atoms with Crippen LogP contribution in [0.2, 0.25) is 5.02 Å². The van der Waals surface area contributed by atoms with Crippen LogP contribution in [-0.4, -0.2) is 5.84 Å². The Kier molecular flexibility index (Phi) is 4.30. The van der Waals surface area contributed by atoms with E-state index in [1.165, 1.54) is 0 Å². The Hall–Kier alpha value is -2.00. The van der Waals surface area contributed by atoms with Gasteiger partial charge in [0.05, 0.1) is 0 Å². The maximum Gasteiger partial charge on any atom is 0.125 e. The Bertz CT molecular complexity index is 633. The monoisotopic (exact) mass is 288 g/mol. The summed E-state index contributed by atoms with van der Waals surface area (Å²) in [7, 11) is 0. The van der Waals surface area contributed by atoms with Crippen molar-refractivity contribution in [2.75, 3.05) is 0 Å². The fraction of sp³-hybridized carbons (Fsp3) is 0.188. The molecule has 0 heterocycles. The predicted molar refractivity (Wildman–Crippen MR) is 82.7 cm³/mol. The van der Waals surface area contributed by atoms with E-state index in [9.17, 15) is 0 Å². The SMILES string of the molecule is Cc1cccc(C)c1OCc1ccc(C(=N)N)cc1Cl. The molecule has 0 spiro atoms. The number of ether oxygens (including phenoxy) is 1. The highest BCUT2D eigenvalue weighted by Crippen LogP contribution is 2.25. The molecule has 0 saturated carbocycles. The second kappa shape index (κ2) is 5.97. The van der Waals surface area contributed by atoms with Gasteiger partial charge >= 0.3 is 0 Å². The van der Waals surface area contributed by atoms with Gasteiger partial charge in [0.1, 0.15) is 18.2 Å². The van der Waals surface area contributed by atoms with Crippen molar-refractivity contribution in [2.45, 2.75) is 20.5 Å². The molecule has 2 aromatic rings. The lowest BCUT2D eigenvalue weighted by atomic mass is 10.1. The molecular weight excluding hydrogens is 272 g/mol. The minimum absolute atomic E-state index is 0.00844. The normalized spacial score (nSPS) is 10.3. The first kappa shape index (κ1) is 14.4. The molecule has 4 heteroatoms. The summed E-state index contributed by atoms with van der Waals surface area (Å²) in [5.41, 5.74) is 9.12. The van der Waals surface area contributed by atoms with Gasteiger partial charge in [-0.25, -0.2) is 0 Å². The number of nitrogens with two attached hydrogens (primary N) is 1. The smallest absolute Gasteiger partial charge is 0.125 e. The third kappa shape index (κ3) is 3.11. The van der Waals surface area contributed by atoms with E-state index < -0.39 is 0 Å². The third-order valence-electron chi connectivity index (χ3n) is 3.14. The van der Waals surface area contributed by atoms with Crippen LogP contribution in [0.15, 0.2) is 36.4 Å². The Morgan fingerprint density at radius 3 is 2.40 bits per heavy atom. The summed E-state index contributed by atoms with van der Waals surface area (Å²) in [5.74, 6) is 0.897. The second-order valence-electron chi connectivity index (χ2n) is 4.73. The fourth-order valence-electron chi connectivity index (χ4n) is 2.01. The van der Waals surface area contributed by atoms with Gasteiger partial charge in [-0.3, -0.25) is 5.41 Å². The number of nitrogens with one attached hydrogen (secondary N) is 1. The summed E-state index contributed by atoms with van der Waals surface area (Å²) in [6.07, 6.45) is 0. The maximum atomic E-state index is 7.38. The largest absolute Gasteiger partial charge is 0.488 e. The van der Waals surface area contributed by atoms with Gasteiger partial charge in [-0.2, -0.15) is 0 Å². The highest BCUT2D eigenvalue weighted by Gasteiger charge is 2.07. The molecule has 0 aliphatic heterocycles. The van der Waals surface area contributed by atoms with Crippen molar-refractivity contribution in [3.8, 4) is 5.75 Å². The molecule has 0 amide bonds. The number of aryl methyl sites for hydroxylation is 2. The van der Waals surface area contributed by atoms with Crippen LogP contribution in [0.25, 0.3) is 0 Å².